The minimum atomic E-state index is 0.447. The van der Waals surface area contributed by atoms with Gasteiger partial charge in [0.1, 0.15) is 12.4 Å². The number of ether oxygens (including phenoxy) is 1. The molecule has 0 saturated carbocycles. The van der Waals surface area contributed by atoms with E-state index in [9.17, 15) is 0 Å². The van der Waals surface area contributed by atoms with E-state index in [4.69, 9.17) is 16.3 Å². The Kier molecular flexibility index (Phi) is 5.54. The summed E-state index contributed by atoms with van der Waals surface area (Å²) in [6, 6.07) is 12.4. The van der Waals surface area contributed by atoms with E-state index < -0.39 is 0 Å². The van der Waals surface area contributed by atoms with Gasteiger partial charge in [0.15, 0.2) is 0 Å². The zero-order chi connectivity index (χ0) is 13.8. The molecule has 4 heteroatoms. The molecule has 0 fully saturated rings. The van der Waals surface area contributed by atoms with Crippen LogP contribution in [0.3, 0.4) is 0 Å². The topological polar surface area (TPSA) is 9.23 Å². The van der Waals surface area contributed by atoms with Gasteiger partial charge in [-0.15, -0.1) is 11.6 Å². The Morgan fingerprint density at radius 2 is 1.89 bits per heavy atom. The molecule has 2 rings (SSSR count). The standard InChI is InChI=1S/C15H13BrClIO/c1-10-6-13(16)7-12(8-17)15(10)19-9-11-2-4-14(18)5-3-11/h2-7H,8-9H2,1H3. The van der Waals surface area contributed by atoms with E-state index in [-0.39, 0.29) is 0 Å². The summed E-state index contributed by atoms with van der Waals surface area (Å²) in [7, 11) is 0. The second-order valence-corrected chi connectivity index (χ2v) is 6.69. The summed E-state index contributed by atoms with van der Waals surface area (Å²) in [6.45, 7) is 2.59. The third-order valence-electron chi connectivity index (χ3n) is 2.76. The van der Waals surface area contributed by atoms with Crippen molar-refractivity contribution in [2.45, 2.75) is 19.4 Å². The molecule has 100 valence electrons. The summed E-state index contributed by atoms with van der Waals surface area (Å²) < 4.78 is 8.19. The van der Waals surface area contributed by atoms with Gasteiger partial charge in [-0.3, -0.25) is 0 Å². The van der Waals surface area contributed by atoms with Gasteiger partial charge in [0.25, 0.3) is 0 Å². The highest BCUT2D eigenvalue weighted by molar-refractivity contribution is 14.1. The van der Waals surface area contributed by atoms with Crippen LogP contribution in [0.4, 0.5) is 0 Å². The number of alkyl halides is 1. The van der Waals surface area contributed by atoms with Crippen LogP contribution in [-0.2, 0) is 12.5 Å². The highest BCUT2D eigenvalue weighted by Gasteiger charge is 2.08. The van der Waals surface area contributed by atoms with Gasteiger partial charge in [0.2, 0.25) is 0 Å². The second kappa shape index (κ2) is 6.95. The van der Waals surface area contributed by atoms with Crippen LogP contribution in [0.25, 0.3) is 0 Å². The third kappa shape index (κ3) is 4.10. The van der Waals surface area contributed by atoms with Gasteiger partial charge in [-0.25, -0.2) is 0 Å². The highest BCUT2D eigenvalue weighted by Crippen LogP contribution is 2.30. The predicted molar refractivity (Wildman–Crippen MR) is 91.9 cm³/mol. The van der Waals surface area contributed by atoms with E-state index in [0.29, 0.717) is 12.5 Å². The summed E-state index contributed by atoms with van der Waals surface area (Å²) in [5.41, 5.74) is 3.26. The van der Waals surface area contributed by atoms with Crippen molar-refractivity contribution in [3.05, 3.63) is 61.1 Å². The van der Waals surface area contributed by atoms with E-state index in [1.807, 2.05) is 19.1 Å². The van der Waals surface area contributed by atoms with Gasteiger partial charge >= 0.3 is 0 Å². The van der Waals surface area contributed by atoms with Crippen LogP contribution in [-0.4, -0.2) is 0 Å². The lowest BCUT2D eigenvalue weighted by molar-refractivity contribution is 0.301. The molecule has 19 heavy (non-hydrogen) atoms. The van der Waals surface area contributed by atoms with E-state index in [1.165, 1.54) is 3.57 Å². The molecule has 0 saturated heterocycles. The minimum Gasteiger partial charge on any atom is -0.488 e. The van der Waals surface area contributed by atoms with E-state index in [1.54, 1.807) is 0 Å². The van der Waals surface area contributed by atoms with Gasteiger partial charge in [-0.1, -0.05) is 28.1 Å². The van der Waals surface area contributed by atoms with Crippen LogP contribution in [0.5, 0.6) is 5.75 Å². The van der Waals surface area contributed by atoms with Crippen molar-refractivity contribution in [3.63, 3.8) is 0 Å². The van der Waals surface area contributed by atoms with Gasteiger partial charge in [-0.05, 0) is 64.9 Å². The molecule has 0 aliphatic carbocycles. The summed E-state index contributed by atoms with van der Waals surface area (Å²) in [4.78, 5) is 0. The third-order valence-corrected chi connectivity index (χ3v) is 4.22. The van der Waals surface area contributed by atoms with Crippen molar-refractivity contribution in [1.82, 2.24) is 0 Å². The van der Waals surface area contributed by atoms with Gasteiger partial charge in [-0.2, -0.15) is 0 Å². The number of rotatable bonds is 4. The number of hydrogen-bond donors (Lipinski definition) is 0. The summed E-state index contributed by atoms with van der Waals surface area (Å²) >= 11 is 11.7. The Balaban J connectivity index is 2.17. The zero-order valence-corrected chi connectivity index (χ0v) is 14.9. The first kappa shape index (κ1) is 15.1. The molecule has 0 spiro atoms. The lowest BCUT2D eigenvalue weighted by atomic mass is 10.1. The Bertz CT molecular complexity index is 569. The van der Waals surface area contributed by atoms with Crippen LogP contribution in [0.1, 0.15) is 16.7 Å². The monoisotopic (exact) mass is 450 g/mol. The highest BCUT2D eigenvalue weighted by atomic mass is 127. The average Bonchev–Trinajstić information content (AvgIpc) is 2.39. The van der Waals surface area contributed by atoms with Crippen molar-refractivity contribution in [3.8, 4) is 5.75 Å². The van der Waals surface area contributed by atoms with E-state index >= 15 is 0 Å². The van der Waals surface area contributed by atoms with Crippen molar-refractivity contribution < 1.29 is 4.74 Å². The van der Waals surface area contributed by atoms with Crippen molar-refractivity contribution in [2.24, 2.45) is 0 Å². The Morgan fingerprint density at radius 1 is 1.21 bits per heavy atom. The van der Waals surface area contributed by atoms with Gasteiger partial charge in [0.05, 0.1) is 5.88 Å². The molecular weight excluding hydrogens is 438 g/mol. The van der Waals surface area contributed by atoms with Crippen LogP contribution in [0, 0.1) is 10.5 Å². The maximum absolute atomic E-state index is 5.98. The smallest absolute Gasteiger partial charge is 0.127 e. The summed E-state index contributed by atoms with van der Waals surface area (Å²) in [6.07, 6.45) is 0. The molecule has 0 bridgehead atoms. The Hall–Kier alpha value is -0.260. The van der Waals surface area contributed by atoms with Gasteiger partial charge in [0, 0.05) is 13.6 Å². The summed E-state index contributed by atoms with van der Waals surface area (Å²) in [5.74, 6) is 1.33. The zero-order valence-electron chi connectivity index (χ0n) is 10.4. The molecule has 0 N–H and O–H groups in total. The van der Waals surface area contributed by atoms with Crippen LogP contribution < -0.4 is 4.74 Å². The van der Waals surface area contributed by atoms with Crippen molar-refractivity contribution >= 4 is 50.1 Å². The maximum atomic E-state index is 5.98. The number of halogens is 3. The molecule has 0 radical (unpaired) electrons. The SMILES string of the molecule is Cc1cc(Br)cc(CCl)c1OCc1ccc(I)cc1. The molecule has 0 unspecified atom stereocenters. The molecular formula is C15H13BrClIO. The first-order chi connectivity index (χ1) is 9.10. The quantitative estimate of drug-likeness (QED) is 0.429. The minimum absolute atomic E-state index is 0.447. The Morgan fingerprint density at radius 3 is 2.53 bits per heavy atom. The first-order valence-corrected chi connectivity index (χ1v) is 8.23. The van der Waals surface area contributed by atoms with Crippen LogP contribution >= 0.6 is 50.1 Å². The summed E-state index contributed by atoms with van der Waals surface area (Å²) in [5, 5.41) is 0. The fourth-order valence-electron chi connectivity index (χ4n) is 1.84. The fourth-order valence-corrected chi connectivity index (χ4v) is 3.02. The Labute approximate surface area is 140 Å². The molecule has 0 aliphatic rings. The number of aryl methyl sites for hydroxylation is 1. The fraction of sp³-hybridized carbons (Fsp3) is 0.200. The lowest BCUT2D eigenvalue weighted by Crippen LogP contribution is -2.00. The van der Waals surface area contributed by atoms with Crippen LogP contribution in [0.2, 0.25) is 0 Å². The normalized spacial score (nSPS) is 10.5. The molecule has 0 heterocycles. The maximum Gasteiger partial charge on any atom is 0.127 e. The molecule has 2 aromatic rings. The number of benzene rings is 2. The van der Waals surface area contributed by atoms with E-state index in [0.717, 1.165) is 26.9 Å². The average molecular weight is 452 g/mol. The van der Waals surface area contributed by atoms with Crippen LogP contribution in [0.15, 0.2) is 40.9 Å². The number of hydrogen-bond acceptors (Lipinski definition) is 1. The molecule has 0 aromatic heterocycles. The molecule has 0 amide bonds. The van der Waals surface area contributed by atoms with Crippen molar-refractivity contribution in [2.75, 3.05) is 0 Å². The molecule has 0 atom stereocenters. The first-order valence-electron chi connectivity index (χ1n) is 5.82. The predicted octanol–water partition coefficient (Wildman–Crippen LogP) is 5.68. The van der Waals surface area contributed by atoms with Crippen molar-refractivity contribution in [1.29, 1.82) is 0 Å². The van der Waals surface area contributed by atoms with Gasteiger partial charge < -0.3 is 4.74 Å². The molecule has 1 nitrogen and oxygen atoms in total. The molecule has 0 aliphatic heterocycles. The second-order valence-electron chi connectivity index (χ2n) is 4.26. The largest absolute Gasteiger partial charge is 0.488 e. The van der Waals surface area contributed by atoms with E-state index in [2.05, 4.69) is 62.8 Å². The lowest BCUT2D eigenvalue weighted by Gasteiger charge is -2.13. The molecule has 2 aromatic carbocycles.